The van der Waals surface area contributed by atoms with Gasteiger partial charge >= 0.3 is 0 Å². The average Bonchev–Trinajstić information content (AvgIpc) is 3.54. The lowest BCUT2D eigenvalue weighted by molar-refractivity contribution is 1.30. The van der Waals surface area contributed by atoms with Gasteiger partial charge in [-0.25, -0.2) is 0 Å². The molecule has 1 heterocycles. The van der Waals surface area contributed by atoms with Crippen molar-refractivity contribution in [3.63, 3.8) is 0 Å². The Morgan fingerprint density at radius 3 is 1.56 bits per heavy atom. The van der Waals surface area contributed by atoms with Crippen molar-refractivity contribution in [1.29, 1.82) is 0 Å². The van der Waals surface area contributed by atoms with Crippen molar-refractivity contribution in [3.05, 3.63) is 188 Å². The first-order valence-electron chi connectivity index (χ1n) is 16.3. The second-order valence-electron chi connectivity index (χ2n) is 12.2. The molecule has 0 aliphatic heterocycles. The third-order valence-corrected chi connectivity index (χ3v) is 10.4. The molecular weight excluding hydrogens is 599 g/mol. The summed E-state index contributed by atoms with van der Waals surface area (Å²) in [7, 11) is 0. The Balaban J connectivity index is 1.34. The number of anilines is 3. The van der Waals surface area contributed by atoms with E-state index in [-0.39, 0.29) is 0 Å². The van der Waals surface area contributed by atoms with Crippen LogP contribution in [0.1, 0.15) is 0 Å². The van der Waals surface area contributed by atoms with E-state index in [2.05, 4.69) is 193 Å². The summed E-state index contributed by atoms with van der Waals surface area (Å²) < 4.78 is 2.59. The quantitative estimate of drug-likeness (QED) is 0.177. The van der Waals surface area contributed by atoms with Crippen molar-refractivity contribution in [1.82, 2.24) is 0 Å². The van der Waals surface area contributed by atoms with Crippen LogP contribution in [0.25, 0.3) is 64.3 Å². The minimum absolute atomic E-state index is 1.11. The highest BCUT2D eigenvalue weighted by Crippen LogP contribution is 2.47. The van der Waals surface area contributed by atoms with Crippen LogP contribution in [0.15, 0.2) is 188 Å². The molecule has 226 valence electrons. The summed E-state index contributed by atoms with van der Waals surface area (Å²) in [5.74, 6) is 0. The van der Waals surface area contributed by atoms with Crippen molar-refractivity contribution < 1.29 is 0 Å². The van der Waals surface area contributed by atoms with Gasteiger partial charge < -0.3 is 4.90 Å². The van der Waals surface area contributed by atoms with Crippen LogP contribution in [0.3, 0.4) is 0 Å². The van der Waals surface area contributed by atoms with Crippen LogP contribution in [0, 0.1) is 0 Å². The van der Waals surface area contributed by atoms with Crippen LogP contribution < -0.4 is 4.90 Å². The van der Waals surface area contributed by atoms with E-state index in [9.17, 15) is 0 Å². The van der Waals surface area contributed by atoms with E-state index >= 15 is 0 Å². The molecule has 1 nitrogen and oxygen atoms in total. The van der Waals surface area contributed by atoms with Gasteiger partial charge in [0, 0.05) is 37.1 Å². The maximum Gasteiger partial charge on any atom is 0.0546 e. The number of nitrogens with zero attached hydrogens (tertiary/aromatic N) is 1. The van der Waals surface area contributed by atoms with Crippen molar-refractivity contribution >= 4 is 59.3 Å². The fourth-order valence-corrected chi connectivity index (χ4v) is 8.08. The molecule has 0 saturated carbocycles. The number of fused-ring (bicyclic) bond motifs is 4. The number of benzene rings is 8. The molecule has 9 rings (SSSR count). The first kappa shape index (κ1) is 28.3. The predicted molar refractivity (Wildman–Crippen MR) is 208 cm³/mol. The Labute approximate surface area is 284 Å². The molecule has 0 aliphatic carbocycles. The van der Waals surface area contributed by atoms with Gasteiger partial charge in [0.25, 0.3) is 0 Å². The van der Waals surface area contributed by atoms with Crippen molar-refractivity contribution in [2.45, 2.75) is 0 Å². The van der Waals surface area contributed by atoms with Gasteiger partial charge in [-0.3, -0.25) is 0 Å². The van der Waals surface area contributed by atoms with E-state index < -0.39 is 0 Å². The average molecular weight is 630 g/mol. The van der Waals surface area contributed by atoms with Gasteiger partial charge in [-0.2, -0.15) is 0 Å². The largest absolute Gasteiger partial charge is 0.310 e. The first-order chi connectivity index (χ1) is 23.8. The molecular formula is C46H31NS. The summed E-state index contributed by atoms with van der Waals surface area (Å²) in [4.78, 5) is 2.46. The van der Waals surface area contributed by atoms with Gasteiger partial charge in [0.1, 0.15) is 0 Å². The molecule has 0 fully saturated rings. The van der Waals surface area contributed by atoms with Gasteiger partial charge in [-0.1, -0.05) is 146 Å². The molecule has 2 heteroatoms. The van der Waals surface area contributed by atoms with E-state index in [0.717, 1.165) is 17.1 Å². The third kappa shape index (κ3) is 5.04. The van der Waals surface area contributed by atoms with E-state index in [1.54, 1.807) is 0 Å². The van der Waals surface area contributed by atoms with Crippen LogP contribution in [0.4, 0.5) is 17.1 Å². The molecule has 0 atom stereocenters. The second kappa shape index (κ2) is 12.0. The second-order valence-corrected chi connectivity index (χ2v) is 13.2. The Morgan fingerprint density at radius 2 is 0.854 bits per heavy atom. The zero-order chi connectivity index (χ0) is 31.9. The molecule has 0 radical (unpaired) electrons. The lowest BCUT2D eigenvalue weighted by Gasteiger charge is -2.29. The Morgan fingerprint density at radius 1 is 0.333 bits per heavy atom. The van der Waals surface area contributed by atoms with Gasteiger partial charge in [0.2, 0.25) is 0 Å². The smallest absolute Gasteiger partial charge is 0.0546 e. The van der Waals surface area contributed by atoms with Crippen molar-refractivity contribution in [3.8, 4) is 33.4 Å². The molecule has 0 N–H and O–H groups in total. The highest BCUT2D eigenvalue weighted by molar-refractivity contribution is 7.25. The molecule has 8 aromatic carbocycles. The van der Waals surface area contributed by atoms with E-state index in [1.165, 1.54) is 64.3 Å². The van der Waals surface area contributed by atoms with Gasteiger partial charge in [-0.15, -0.1) is 11.3 Å². The van der Waals surface area contributed by atoms with Gasteiger partial charge in [0.05, 0.1) is 5.69 Å². The summed E-state index contributed by atoms with van der Waals surface area (Å²) in [6, 6.07) is 68.3. The minimum Gasteiger partial charge on any atom is -0.310 e. The molecule has 0 bridgehead atoms. The summed E-state index contributed by atoms with van der Waals surface area (Å²) in [6.45, 7) is 0. The van der Waals surface area contributed by atoms with Crippen LogP contribution >= 0.6 is 11.3 Å². The van der Waals surface area contributed by atoms with E-state index in [0.29, 0.717) is 0 Å². The summed E-state index contributed by atoms with van der Waals surface area (Å²) >= 11 is 1.86. The summed E-state index contributed by atoms with van der Waals surface area (Å²) in [6.07, 6.45) is 0. The first-order valence-corrected chi connectivity index (χ1v) is 17.2. The molecule has 1 aromatic heterocycles. The SMILES string of the molecule is c1ccc(-c2ccc(N(c3ccc4c(c3)sc3ccccc34)c3cc4ccccc4cc3-c3ccccc3)cc2-c2ccccc2)cc1. The highest BCUT2D eigenvalue weighted by Gasteiger charge is 2.21. The molecule has 0 spiro atoms. The highest BCUT2D eigenvalue weighted by atomic mass is 32.1. The Kier molecular flexibility index (Phi) is 7.07. The van der Waals surface area contributed by atoms with Gasteiger partial charge in [0.15, 0.2) is 0 Å². The standard InChI is InChI=1S/C46H31NS/c1-4-14-32(15-5-1)39-26-24-37(30-42(39)33-16-6-2-7-17-33)47(38-25-27-41-40-22-12-13-23-45(40)48-46(41)31-38)44-29-36-21-11-10-20-35(36)28-43(44)34-18-8-3-9-19-34/h1-31H. The maximum absolute atomic E-state index is 2.46. The van der Waals surface area contributed by atoms with Crippen LogP contribution in [0.2, 0.25) is 0 Å². The minimum atomic E-state index is 1.11. The van der Waals surface area contributed by atoms with Crippen molar-refractivity contribution in [2.75, 3.05) is 4.90 Å². The van der Waals surface area contributed by atoms with Gasteiger partial charge in [-0.05, 0) is 81.1 Å². The number of hydrogen-bond acceptors (Lipinski definition) is 2. The van der Waals surface area contributed by atoms with E-state index in [4.69, 9.17) is 0 Å². The Hall–Kier alpha value is -5.96. The monoisotopic (exact) mass is 629 g/mol. The molecule has 9 aromatic rings. The lowest BCUT2D eigenvalue weighted by Crippen LogP contribution is -2.11. The number of rotatable bonds is 6. The molecule has 0 amide bonds. The molecule has 0 aliphatic rings. The van der Waals surface area contributed by atoms with Crippen molar-refractivity contribution in [2.24, 2.45) is 0 Å². The predicted octanol–water partition coefficient (Wildman–Crippen LogP) is 13.7. The fourth-order valence-electron chi connectivity index (χ4n) is 6.94. The molecule has 0 unspecified atom stereocenters. The zero-order valence-electron chi connectivity index (χ0n) is 26.3. The topological polar surface area (TPSA) is 3.24 Å². The maximum atomic E-state index is 2.46. The fraction of sp³-hybridized carbons (Fsp3) is 0. The molecule has 0 saturated heterocycles. The third-order valence-electron chi connectivity index (χ3n) is 9.24. The van der Waals surface area contributed by atoms with Crippen LogP contribution in [-0.4, -0.2) is 0 Å². The lowest BCUT2D eigenvalue weighted by atomic mass is 9.93. The zero-order valence-corrected chi connectivity index (χ0v) is 27.1. The number of thiophene rings is 1. The molecule has 48 heavy (non-hydrogen) atoms. The Bertz CT molecular complexity index is 2550. The number of hydrogen-bond donors (Lipinski definition) is 0. The summed E-state index contributed by atoms with van der Waals surface area (Å²) in [5.41, 5.74) is 10.6. The van der Waals surface area contributed by atoms with Crippen LogP contribution in [-0.2, 0) is 0 Å². The summed E-state index contributed by atoms with van der Waals surface area (Å²) in [5, 5.41) is 5.05. The van der Waals surface area contributed by atoms with E-state index in [1.807, 2.05) is 11.3 Å². The normalized spacial score (nSPS) is 11.3. The van der Waals surface area contributed by atoms with Crippen LogP contribution in [0.5, 0.6) is 0 Å².